The predicted molar refractivity (Wildman–Crippen MR) is 108 cm³/mol. The van der Waals surface area contributed by atoms with Crippen molar-refractivity contribution in [3.8, 4) is 0 Å². The lowest BCUT2D eigenvalue weighted by Crippen LogP contribution is -2.50. The maximum absolute atomic E-state index is 12.2. The van der Waals surface area contributed by atoms with Gasteiger partial charge >= 0.3 is 6.09 Å². The maximum Gasteiger partial charge on any atom is 0.407 e. The molecule has 4 rings (SSSR count). The summed E-state index contributed by atoms with van der Waals surface area (Å²) in [5.74, 6) is 0.650. The van der Waals surface area contributed by atoms with Crippen LogP contribution in [0.25, 0.3) is 0 Å². The lowest BCUT2D eigenvalue weighted by atomic mass is 9.56. The van der Waals surface area contributed by atoms with Crippen LogP contribution in [-0.2, 0) is 11.3 Å². The summed E-state index contributed by atoms with van der Waals surface area (Å²) < 4.78 is 5.79. The number of nitrogens with one attached hydrogen (secondary N) is 1. The number of hydrogen-bond acceptors (Lipinski definition) is 2. The van der Waals surface area contributed by atoms with Crippen LogP contribution < -0.4 is 5.32 Å². The number of amides is 1. The van der Waals surface area contributed by atoms with Crippen molar-refractivity contribution in [2.24, 2.45) is 5.41 Å². The van der Waals surface area contributed by atoms with Gasteiger partial charge in [-0.15, -0.1) is 0 Å². The maximum atomic E-state index is 12.2. The minimum Gasteiger partial charge on any atom is -0.446 e. The third kappa shape index (κ3) is 4.14. The van der Waals surface area contributed by atoms with Crippen molar-refractivity contribution in [1.82, 2.24) is 5.32 Å². The zero-order chi connectivity index (χ0) is 18.7. The minimum atomic E-state index is -0.306. The van der Waals surface area contributed by atoms with E-state index in [0.29, 0.717) is 17.5 Å². The van der Waals surface area contributed by atoms with Gasteiger partial charge in [-0.25, -0.2) is 4.79 Å². The Labute approximate surface area is 166 Å². The molecule has 2 aliphatic rings. The molecule has 142 valence electrons. The van der Waals surface area contributed by atoms with Gasteiger partial charge in [0, 0.05) is 17.0 Å². The average Bonchev–Trinajstić information content (AvgIpc) is 2.71. The van der Waals surface area contributed by atoms with Gasteiger partial charge in [0.2, 0.25) is 0 Å². The Morgan fingerprint density at radius 1 is 1.00 bits per heavy atom. The van der Waals surface area contributed by atoms with Crippen molar-refractivity contribution >= 4 is 17.7 Å². The summed E-state index contributed by atoms with van der Waals surface area (Å²) >= 11 is 5.89. The van der Waals surface area contributed by atoms with Crippen molar-refractivity contribution < 1.29 is 9.53 Å². The molecule has 27 heavy (non-hydrogen) atoms. The smallest absolute Gasteiger partial charge is 0.407 e. The van der Waals surface area contributed by atoms with Crippen LogP contribution >= 0.6 is 11.6 Å². The molecule has 1 atom stereocenters. The van der Waals surface area contributed by atoms with E-state index in [9.17, 15) is 4.79 Å². The third-order valence-electron chi connectivity index (χ3n) is 6.44. The van der Waals surface area contributed by atoms with Gasteiger partial charge in [0.1, 0.15) is 6.10 Å². The van der Waals surface area contributed by atoms with Gasteiger partial charge < -0.3 is 10.1 Å². The molecule has 2 aromatic carbocycles. The van der Waals surface area contributed by atoms with Crippen LogP contribution in [0.1, 0.15) is 55.6 Å². The van der Waals surface area contributed by atoms with Crippen LogP contribution in [0.15, 0.2) is 54.6 Å². The fraction of sp³-hybridized carbons (Fsp3) is 0.435. The second-order valence-electron chi connectivity index (χ2n) is 7.96. The van der Waals surface area contributed by atoms with E-state index in [2.05, 4.69) is 35.6 Å². The van der Waals surface area contributed by atoms with E-state index in [-0.39, 0.29) is 17.6 Å². The van der Waals surface area contributed by atoms with E-state index in [1.54, 1.807) is 0 Å². The number of alkyl carbamates (subject to hydrolysis) is 1. The van der Waals surface area contributed by atoms with Gasteiger partial charge in [-0.2, -0.15) is 0 Å². The molecule has 1 N–H and O–H groups in total. The van der Waals surface area contributed by atoms with Gasteiger partial charge in [-0.05, 0) is 67.7 Å². The van der Waals surface area contributed by atoms with Crippen LogP contribution in [-0.4, -0.2) is 12.2 Å². The standard InChI is InChI=1S/C23H26ClNO2/c24-20-8-6-17(7-9-20)16-25-22(26)27-21-12-15-23(21)13-10-19(11-14-23)18-4-2-1-3-5-18/h1-9,19,21H,10-16H2,(H,25,26)/t19?,21-,23?/m0/s1. The molecule has 4 heteroatoms. The predicted octanol–water partition coefficient (Wildman–Crippen LogP) is 6.07. The molecular weight excluding hydrogens is 358 g/mol. The molecule has 0 saturated heterocycles. The normalized spacial score (nSPS) is 27.0. The molecule has 0 bridgehead atoms. The minimum absolute atomic E-state index is 0.0689. The molecule has 0 heterocycles. The Balaban J connectivity index is 1.27. The quantitative estimate of drug-likeness (QED) is 0.695. The number of carbonyl (C=O) groups excluding carboxylic acids is 1. The molecule has 0 radical (unpaired) electrons. The SMILES string of the molecule is O=C(NCc1ccc(Cl)cc1)O[C@H]1CCC12CCC(c1ccccc1)CC2. The number of halogens is 1. The first-order chi connectivity index (χ1) is 13.1. The zero-order valence-electron chi connectivity index (χ0n) is 15.5. The van der Waals surface area contributed by atoms with Crippen LogP contribution in [0.4, 0.5) is 4.79 Å². The zero-order valence-corrected chi connectivity index (χ0v) is 16.3. The topological polar surface area (TPSA) is 38.3 Å². The second kappa shape index (κ2) is 7.93. The monoisotopic (exact) mass is 383 g/mol. The summed E-state index contributed by atoms with van der Waals surface area (Å²) in [6, 6.07) is 18.3. The van der Waals surface area contributed by atoms with Gasteiger partial charge in [0.25, 0.3) is 0 Å². The molecule has 0 unspecified atom stereocenters. The third-order valence-corrected chi connectivity index (χ3v) is 6.69. The van der Waals surface area contributed by atoms with Gasteiger partial charge in [0.15, 0.2) is 0 Å². The van der Waals surface area contributed by atoms with Crippen LogP contribution in [0.3, 0.4) is 0 Å². The number of rotatable bonds is 4. The van der Waals surface area contributed by atoms with Gasteiger partial charge in [0.05, 0.1) is 0 Å². The second-order valence-corrected chi connectivity index (χ2v) is 8.40. The van der Waals surface area contributed by atoms with Crippen LogP contribution in [0.5, 0.6) is 0 Å². The van der Waals surface area contributed by atoms with Crippen molar-refractivity contribution in [1.29, 1.82) is 0 Å². The molecular formula is C23H26ClNO2. The number of benzene rings is 2. The highest BCUT2D eigenvalue weighted by Gasteiger charge is 2.50. The molecule has 0 aromatic heterocycles. The Bertz CT molecular complexity index is 767. The van der Waals surface area contributed by atoms with E-state index < -0.39 is 0 Å². The van der Waals surface area contributed by atoms with Crippen LogP contribution in [0.2, 0.25) is 5.02 Å². The highest BCUT2D eigenvalue weighted by Crippen LogP contribution is 2.55. The number of carbonyl (C=O) groups is 1. The summed E-state index contributed by atoms with van der Waals surface area (Å²) in [4.78, 5) is 12.2. The largest absolute Gasteiger partial charge is 0.446 e. The Kier molecular flexibility index (Phi) is 5.40. The van der Waals surface area contributed by atoms with Crippen molar-refractivity contribution in [3.05, 3.63) is 70.7 Å². The van der Waals surface area contributed by atoms with Crippen molar-refractivity contribution in [2.45, 2.75) is 57.1 Å². The summed E-state index contributed by atoms with van der Waals surface area (Å²) in [5, 5.41) is 3.57. The Morgan fingerprint density at radius 3 is 2.30 bits per heavy atom. The van der Waals surface area contributed by atoms with Crippen molar-refractivity contribution in [3.63, 3.8) is 0 Å². The van der Waals surface area contributed by atoms with Crippen molar-refractivity contribution in [2.75, 3.05) is 0 Å². The Hall–Kier alpha value is -2.00. The lowest BCUT2D eigenvalue weighted by Gasteiger charge is -2.52. The first-order valence-electron chi connectivity index (χ1n) is 9.88. The van der Waals surface area contributed by atoms with Gasteiger partial charge in [-0.1, -0.05) is 54.1 Å². The summed E-state index contributed by atoms with van der Waals surface area (Å²) in [7, 11) is 0. The van der Waals surface area contributed by atoms with Crippen LogP contribution in [0, 0.1) is 5.41 Å². The van der Waals surface area contributed by atoms with E-state index >= 15 is 0 Å². The molecule has 2 aliphatic carbocycles. The lowest BCUT2D eigenvalue weighted by molar-refractivity contribution is -0.0949. The number of ether oxygens (including phenoxy) is 1. The molecule has 2 saturated carbocycles. The molecule has 2 fully saturated rings. The molecule has 1 spiro atoms. The summed E-state index contributed by atoms with van der Waals surface area (Å²) in [6.45, 7) is 0.464. The Morgan fingerprint density at radius 2 is 1.67 bits per heavy atom. The average molecular weight is 384 g/mol. The number of hydrogen-bond donors (Lipinski definition) is 1. The molecule has 2 aromatic rings. The molecule has 1 amide bonds. The highest BCUT2D eigenvalue weighted by atomic mass is 35.5. The van der Waals surface area contributed by atoms with E-state index in [1.165, 1.54) is 24.8 Å². The molecule has 0 aliphatic heterocycles. The van der Waals surface area contributed by atoms with E-state index in [0.717, 1.165) is 24.8 Å². The fourth-order valence-electron chi connectivity index (χ4n) is 4.62. The summed E-state index contributed by atoms with van der Waals surface area (Å²) in [5.41, 5.74) is 2.68. The van der Waals surface area contributed by atoms with E-state index in [4.69, 9.17) is 16.3 Å². The highest BCUT2D eigenvalue weighted by molar-refractivity contribution is 6.30. The summed E-state index contributed by atoms with van der Waals surface area (Å²) in [6.07, 6.45) is 6.63. The molecule has 3 nitrogen and oxygen atoms in total. The first-order valence-corrected chi connectivity index (χ1v) is 10.3. The van der Waals surface area contributed by atoms with Gasteiger partial charge in [-0.3, -0.25) is 0 Å². The van der Waals surface area contributed by atoms with E-state index in [1.807, 2.05) is 24.3 Å². The first kappa shape index (κ1) is 18.4. The fourth-order valence-corrected chi connectivity index (χ4v) is 4.75.